The molecule has 0 bridgehead atoms. The zero-order chi connectivity index (χ0) is 15.1. The van der Waals surface area contributed by atoms with Crippen LogP contribution in [0.1, 0.15) is 12.5 Å². The summed E-state index contributed by atoms with van der Waals surface area (Å²) in [5, 5.41) is 10.2. The van der Waals surface area contributed by atoms with E-state index in [-0.39, 0.29) is 5.84 Å². The van der Waals surface area contributed by atoms with Crippen molar-refractivity contribution in [2.45, 2.75) is 6.92 Å². The van der Waals surface area contributed by atoms with Gasteiger partial charge in [-0.05, 0) is 31.2 Å². The van der Waals surface area contributed by atoms with Gasteiger partial charge in [0.25, 0.3) is 0 Å². The molecule has 0 aliphatic rings. The van der Waals surface area contributed by atoms with E-state index in [4.69, 9.17) is 14.9 Å². The molecule has 0 atom stereocenters. The van der Waals surface area contributed by atoms with Crippen LogP contribution in [0.5, 0.6) is 11.5 Å². The van der Waals surface area contributed by atoms with E-state index in [2.05, 4.69) is 5.32 Å². The van der Waals surface area contributed by atoms with Gasteiger partial charge < -0.3 is 9.47 Å². The number of benzene rings is 2. The van der Waals surface area contributed by atoms with E-state index in [1.807, 2.05) is 13.0 Å². The third-order valence-corrected chi connectivity index (χ3v) is 2.63. The van der Waals surface area contributed by atoms with E-state index < -0.39 is 6.09 Å². The fourth-order valence-electron chi connectivity index (χ4n) is 1.68. The van der Waals surface area contributed by atoms with Crippen LogP contribution in [0.25, 0.3) is 0 Å². The molecule has 0 radical (unpaired) electrons. The molecule has 2 N–H and O–H groups in total. The Kier molecular flexibility index (Phi) is 4.93. The fourth-order valence-corrected chi connectivity index (χ4v) is 1.68. The maximum atomic E-state index is 11.7. The van der Waals surface area contributed by atoms with Crippen LogP contribution in [0, 0.1) is 5.41 Å². The Morgan fingerprint density at radius 2 is 1.67 bits per heavy atom. The topological polar surface area (TPSA) is 71.4 Å². The molecule has 108 valence electrons. The van der Waals surface area contributed by atoms with Gasteiger partial charge in [0.15, 0.2) is 0 Å². The lowest BCUT2D eigenvalue weighted by Gasteiger charge is -2.08. The second-order valence-corrected chi connectivity index (χ2v) is 4.16. The van der Waals surface area contributed by atoms with Crippen molar-refractivity contribution in [3.8, 4) is 11.5 Å². The van der Waals surface area contributed by atoms with Crippen LogP contribution < -0.4 is 14.8 Å². The summed E-state index contributed by atoms with van der Waals surface area (Å²) in [5.41, 5.74) is 0.612. The number of carbonyl (C=O) groups is 1. The van der Waals surface area contributed by atoms with Crippen LogP contribution in [-0.2, 0) is 0 Å². The quantitative estimate of drug-likeness (QED) is 0.669. The minimum absolute atomic E-state index is 0.00784. The van der Waals surface area contributed by atoms with Gasteiger partial charge in [-0.15, -0.1) is 0 Å². The van der Waals surface area contributed by atoms with Gasteiger partial charge in [-0.25, -0.2) is 4.79 Å². The first-order valence-electron chi connectivity index (χ1n) is 6.54. The number of ether oxygens (including phenoxy) is 2. The van der Waals surface area contributed by atoms with Crippen molar-refractivity contribution in [2.24, 2.45) is 0 Å². The summed E-state index contributed by atoms with van der Waals surface area (Å²) in [6, 6.07) is 15.6. The predicted octanol–water partition coefficient (Wildman–Crippen LogP) is 3.20. The first-order valence-corrected chi connectivity index (χ1v) is 6.54. The number of hydrogen-bond acceptors (Lipinski definition) is 4. The highest BCUT2D eigenvalue weighted by Crippen LogP contribution is 2.17. The van der Waals surface area contributed by atoms with Crippen LogP contribution in [0.3, 0.4) is 0 Å². The summed E-state index contributed by atoms with van der Waals surface area (Å²) in [5.74, 6) is 1.09. The molecule has 0 aliphatic heterocycles. The maximum absolute atomic E-state index is 11.7. The number of rotatable bonds is 4. The molecule has 0 saturated heterocycles. The molecule has 1 amide bonds. The number of amidine groups is 1. The summed E-state index contributed by atoms with van der Waals surface area (Å²) >= 11 is 0. The molecule has 5 heteroatoms. The number of amides is 1. The summed E-state index contributed by atoms with van der Waals surface area (Å²) in [7, 11) is 0. The fraction of sp³-hybridized carbons (Fsp3) is 0.125. The molecular formula is C16H16N2O3. The smallest absolute Gasteiger partial charge is 0.418 e. The molecule has 2 aromatic rings. The van der Waals surface area contributed by atoms with Gasteiger partial charge in [0.05, 0.1) is 6.61 Å². The van der Waals surface area contributed by atoms with E-state index in [0.717, 1.165) is 0 Å². The summed E-state index contributed by atoms with van der Waals surface area (Å²) < 4.78 is 10.4. The Morgan fingerprint density at radius 1 is 1.05 bits per heavy atom. The molecule has 5 nitrogen and oxygen atoms in total. The van der Waals surface area contributed by atoms with Crippen LogP contribution >= 0.6 is 0 Å². The van der Waals surface area contributed by atoms with Gasteiger partial charge >= 0.3 is 6.09 Å². The summed E-state index contributed by atoms with van der Waals surface area (Å²) in [6.45, 7) is 2.47. The van der Waals surface area contributed by atoms with Gasteiger partial charge in [0.2, 0.25) is 0 Å². The molecule has 0 fully saturated rings. The third-order valence-electron chi connectivity index (χ3n) is 2.63. The molecule has 0 aliphatic carbocycles. The normalized spacial score (nSPS) is 9.76. The monoisotopic (exact) mass is 284 g/mol. The number of nitrogens with one attached hydrogen (secondary N) is 2. The van der Waals surface area contributed by atoms with Gasteiger partial charge in [-0.2, -0.15) is 0 Å². The lowest BCUT2D eigenvalue weighted by molar-refractivity contribution is 0.206. The Labute approximate surface area is 123 Å². The van der Waals surface area contributed by atoms with Crippen molar-refractivity contribution < 1.29 is 14.3 Å². The van der Waals surface area contributed by atoms with E-state index in [1.165, 1.54) is 0 Å². The van der Waals surface area contributed by atoms with E-state index in [0.29, 0.717) is 23.7 Å². The zero-order valence-electron chi connectivity index (χ0n) is 11.6. The van der Waals surface area contributed by atoms with Gasteiger partial charge in [0.1, 0.15) is 17.3 Å². The van der Waals surface area contributed by atoms with Crippen LogP contribution in [-0.4, -0.2) is 18.5 Å². The van der Waals surface area contributed by atoms with Gasteiger partial charge in [-0.3, -0.25) is 10.7 Å². The molecule has 21 heavy (non-hydrogen) atoms. The first-order chi connectivity index (χ1) is 10.2. The van der Waals surface area contributed by atoms with Gasteiger partial charge in [0, 0.05) is 5.56 Å². The highest BCUT2D eigenvalue weighted by atomic mass is 16.6. The van der Waals surface area contributed by atoms with Crippen LogP contribution in [0.15, 0.2) is 54.6 Å². The standard InChI is InChI=1S/C16H16N2O3/c1-2-20-13-8-10-14(11-9-13)21-16(19)18-15(17)12-6-4-3-5-7-12/h3-11H,2H2,1H3,(H2,17,18,19). The largest absolute Gasteiger partial charge is 0.494 e. The van der Waals surface area contributed by atoms with Crippen molar-refractivity contribution in [3.05, 3.63) is 60.2 Å². The van der Waals surface area contributed by atoms with Crippen molar-refractivity contribution in [3.63, 3.8) is 0 Å². The van der Waals surface area contributed by atoms with E-state index >= 15 is 0 Å². The van der Waals surface area contributed by atoms with E-state index in [9.17, 15) is 4.79 Å². The number of carbonyl (C=O) groups excluding carboxylic acids is 1. The summed E-state index contributed by atoms with van der Waals surface area (Å²) in [4.78, 5) is 11.7. The predicted molar refractivity (Wildman–Crippen MR) is 80.0 cm³/mol. The van der Waals surface area contributed by atoms with Crippen molar-refractivity contribution in [1.82, 2.24) is 5.32 Å². The third kappa shape index (κ3) is 4.35. The Morgan fingerprint density at radius 3 is 2.29 bits per heavy atom. The summed E-state index contributed by atoms with van der Waals surface area (Å²) in [6.07, 6.45) is -0.701. The highest BCUT2D eigenvalue weighted by Gasteiger charge is 2.08. The molecular weight excluding hydrogens is 268 g/mol. The lowest BCUT2D eigenvalue weighted by atomic mass is 10.2. The molecule has 0 unspecified atom stereocenters. The van der Waals surface area contributed by atoms with Crippen LogP contribution in [0.4, 0.5) is 4.79 Å². The van der Waals surface area contributed by atoms with Crippen molar-refractivity contribution >= 4 is 11.9 Å². The molecule has 2 rings (SSSR count). The molecule has 0 heterocycles. The van der Waals surface area contributed by atoms with Crippen LogP contribution in [0.2, 0.25) is 0 Å². The molecule has 2 aromatic carbocycles. The second kappa shape index (κ2) is 7.09. The Balaban J connectivity index is 1.91. The molecule has 0 aromatic heterocycles. The highest BCUT2D eigenvalue weighted by molar-refractivity contribution is 6.04. The molecule has 0 spiro atoms. The first kappa shape index (κ1) is 14.6. The molecule has 0 saturated carbocycles. The lowest BCUT2D eigenvalue weighted by Crippen LogP contribution is -2.32. The maximum Gasteiger partial charge on any atom is 0.418 e. The van der Waals surface area contributed by atoms with Crippen molar-refractivity contribution in [1.29, 1.82) is 5.41 Å². The zero-order valence-corrected chi connectivity index (χ0v) is 11.6. The van der Waals surface area contributed by atoms with Crippen molar-refractivity contribution in [2.75, 3.05) is 6.61 Å². The minimum Gasteiger partial charge on any atom is -0.494 e. The average molecular weight is 284 g/mol. The second-order valence-electron chi connectivity index (χ2n) is 4.16. The minimum atomic E-state index is -0.701. The Hall–Kier alpha value is -2.82. The SMILES string of the molecule is CCOc1ccc(OC(=O)NC(=N)c2ccccc2)cc1. The average Bonchev–Trinajstić information content (AvgIpc) is 2.50. The number of hydrogen-bond donors (Lipinski definition) is 2. The Bertz CT molecular complexity index is 609. The van der Waals surface area contributed by atoms with E-state index in [1.54, 1.807) is 48.5 Å². The van der Waals surface area contributed by atoms with Gasteiger partial charge in [-0.1, -0.05) is 30.3 Å².